The molecule has 0 aliphatic carbocycles. The second kappa shape index (κ2) is 5.02. The van der Waals surface area contributed by atoms with Crippen LogP contribution in [0.15, 0.2) is 36.5 Å². The average molecular weight is 213 g/mol. The molecule has 1 nitrogen and oxygen atoms in total. The number of hydrogen-bond donors (Lipinski definition) is 1. The summed E-state index contributed by atoms with van der Waals surface area (Å²) in [5.41, 5.74) is 5.20. The predicted molar refractivity (Wildman–Crippen MR) is 69.6 cm³/mol. The molecule has 0 saturated carbocycles. The lowest BCUT2D eigenvalue weighted by Crippen LogP contribution is -1.84. The van der Waals surface area contributed by atoms with Crippen molar-refractivity contribution in [1.82, 2.24) is 4.98 Å². The van der Waals surface area contributed by atoms with E-state index in [1.54, 1.807) is 0 Å². The lowest BCUT2D eigenvalue weighted by molar-refractivity contribution is 0.795. The lowest BCUT2D eigenvalue weighted by Gasteiger charge is -2.02. The van der Waals surface area contributed by atoms with Crippen LogP contribution in [-0.4, -0.2) is 4.98 Å². The minimum Gasteiger partial charge on any atom is -0.361 e. The van der Waals surface area contributed by atoms with E-state index < -0.39 is 0 Å². The van der Waals surface area contributed by atoms with Gasteiger partial charge in [-0.15, -0.1) is 0 Å². The highest BCUT2D eigenvalue weighted by atomic mass is 14.7. The first-order valence-corrected chi connectivity index (χ1v) is 6.04. The van der Waals surface area contributed by atoms with E-state index in [4.69, 9.17) is 0 Å². The minimum absolute atomic E-state index is 1.19. The molecule has 2 rings (SSSR count). The molecule has 0 atom stereocenters. The normalized spacial score (nSPS) is 10.6. The minimum atomic E-state index is 1.19. The van der Waals surface area contributed by atoms with Gasteiger partial charge in [0.2, 0.25) is 0 Å². The van der Waals surface area contributed by atoms with Gasteiger partial charge in [0.05, 0.1) is 0 Å². The molecule has 16 heavy (non-hydrogen) atoms. The van der Waals surface area contributed by atoms with Crippen molar-refractivity contribution in [2.24, 2.45) is 0 Å². The lowest BCUT2D eigenvalue weighted by atomic mass is 10.0. The second-order valence-electron chi connectivity index (χ2n) is 4.39. The van der Waals surface area contributed by atoms with E-state index in [1.807, 2.05) is 6.20 Å². The van der Waals surface area contributed by atoms with Crippen LogP contribution in [0.2, 0.25) is 0 Å². The van der Waals surface area contributed by atoms with Gasteiger partial charge in [0.25, 0.3) is 0 Å². The van der Waals surface area contributed by atoms with Gasteiger partial charge >= 0.3 is 0 Å². The van der Waals surface area contributed by atoms with E-state index in [0.717, 1.165) is 0 Å². The maximum atomic E-state index is 3.28. The summed E-state index contributed by atoms with van der Waals surface area (Å²) in [6.07, 6.45) is 5.78. The van der Waals surface area contributed by atoms with E-state index in [-0.39, 0.29) is 0 Å². The molecule has 1 heteroatoms. The third kappa shape index (κ3) is 2.54. The first-order valence-electron chi connectivity index (χ1n) is 6.04. The SMILES string of the molecule is CCCCc1ccc(-c2cc(C)c[nH]2)cc1. The summed E-state index contributed by atoms with van der Waals surface area (Å²) in [5, 5.41) is 0. The molecule has 0 aliphatic rings. The molecule has 0 aliphatic heterocycles. The van der Waals surface area contributed by atoms with Crippen LogP contribution < -0.4 is 0 Å². The van der Waals surface area contributed by atoms with Crippen LogP contribution in [0.5, 0.6) is 0 Å². The molecule has 0 spiro atoms. The Morgan fingerprint density at radius 1 is 1.12 bits per heavy atom. The zero-order chi connectivity index (χ0) is 11.4. The van der Waals surface area contributed by atoms with E-state index >= 15 is 0 Å². The van der Waals surface area contributed by atoms with Crippen molar-refractivity contribution in [3.8, 4) is 11.3 Å². The van der Waals surface area contributed by atoms with E-state index in [2.05, 4.69) is 49.2 Å². The van der Waals surface area contributed by atoms with Crippen LogP contribution in [0.4, 0.5) is 0 Å². The fraction of sp³-hybridized carbons (Fsp3) is 0.333. The molecule has 84 valence electrons. The smallest absolute Gasteiger partial charge is 0.0456 e. The third-order valence-corrected chi connectivity index (χ3v) is 2.91. The molecule has 1 aromatic heterocycles. The molecular weight excluding hydrogens is 194 g/mol. The Kier molecular flexibility index (Phi) is 3.45. The van der Waals surface area contributed by atoms with Gasteiger partial charge in [-0.05, 0) is 42.5 Å². The first-order chi connectivity index (χ1) is 7.79. The van der Waals surface area contributed by atoms with Gasteiger partial charge in [-0.3, -0.25) is 0 Å². The summed E-state index contributed by atoms with van der Waals surface area (Å²) in [6, 6.07) is 11.1. The number of aryl methyl sites for hydroxylation is 2. The monoisotopic (exact) mass is 213 g/mol. The molecule has 0 radical (unpaired) electrons. The van der Waals surface area contributed by atoms with Crippen LogP contribution in [-0.2, 0) is 6.42 Å². The molecule has 2 aromatic rings. The van der Waals surface area contributed by atoms with Crippen molar-refractivity contribution in [2.75, 3.05) is 0 Å². The van der Waals surface area contributed by atoms with E-state index in [9.17, 15) is 0 Å². The van der Waals surface area contributed by atoms with Gasteiger partial charge in [0, 0.05) is 11.9 Å². The summed E-state index contributed by atoms with van der Waals surface area (Å²) in [7, 11) is 0. The van der Waals surface area contributed by atoms with E-state index in [1.165, 1.54) is 41.6 Å². The Balaban J connectivity index is 2.13. The Morgan fingerprint density at radius 3 is 2.44 bits per heavy atom. The largest absolute Gasteiger partial charge is 0.361 e. The maximum Gasteiger partial charge on any atom is 0.0456 e. The van der Waals surface area contributed by atoms with Crippen molar-refractivity contribution in [3.63, 3.8) is 0 Å². The molecule has 1 heterocycles. The third-order valence-electron chi connectivity index (χ3n) is 2.91. The zero-order valence-electron chi connectivity index (χ0n) is 10.1. The Bertz CT molecular complexity index is 437. The van der Waals surface area contributed by atoms with Crippen molar-refractivity contribution in [3.05, 3.63) is 47.7 Å². The van der Waals surface area contributed by atoms with E-state index in [0.29, 0.717) is 0 Å². The summed E-state index contributed by atoms with van der Waals surface area (Å²) in [6.45, 7) is 4.34. The Labute approximate surface area is 97.5 Å². The molecule has 1 N–H and O–H groups in total. The molecule has 1 aromatic carbocycles. The highest BCUT2D eigenvalue weighted by molar-refractivity contribution is 5.60. The van der Waals surface area contributed by atoms with Gasteiger partial charge < -0.3 is 4.98 Å². The number of aromatic nitrogens is 1. The molecule has 0 fully saturated rings. The maximum absolute atomic E-state index is 3.28. The van der Waals surface area contributed by atoms with Crippen molar-refractivity contribution >= 4 is 0 Å². The summed E-state index contributed by atoms with van der Waals surface area (Å²) in [4.78, 5) is 3.28. The standard InChI is InChI=1S/C15H19N/c1-3-4-5-13-6-8-14(9-7-13)15-10-12(2)11-16-15/h6-11,16H,3-5H2,1-2H3. The van der Waals surface area contributed by atoms with Crippen molar-refractivity contribution in [1.29, 1.82) is 0 Å². The topological polar surface area (TPSA) is 15.8 Å². The van der Waals surface area contributed by atoms with Gasteiger partial charge in [-0.2, -0.15) is 0 Å². The van der Waals surface area contributed by atoms with Crippen LogP contribution in [0.1, 0.15) is 30.9 Å². The van der Waals surface area contributed by atoms with Gasteiger partial charge in [-0.1, -0.05) is 37.6 Å². The first kappa shape index (κ1) is 11.0. The summed E-state index contributed by atoms with van der Waals surface area (Å²) < 4.78 is 0. The number of H-pyrrole nitrogens is 1. The average Bonchev–Trinajstić information content (AvgIpc) is 2.74. The number of hydrogen-bond acceptors (Lipinski definition) is 0. The number of unbranched alkanes of at least 4 members (excludes halogenated alkanes) is 1. The fourth-order valence-electron chi connectivity index (χ4n) is 1.90. The van der Waals surface area contributed by atoms with Gasteiger partial charge in [0.1, 0.15) is 0 Å². The highest BCUT2D eigenvalue weighted by Gasteiger charge is 1.99. The highest BCUT2D eigenvalue weighted by Crippen LogP contribution is 2.19. The Hall–Kier alpha value is -1.50. The zero-order valence-corrected chi connectivity index (χ0v) is 10.1. The number of aromatic amines is 1. The number of benzene rings is 1. The van der Waals surface area contributed by atoms with Crippen LogP contribution in [0.3, 0.4) is 0 Å². The van der Waals surface area contributed by atoms with Crippen LogP contribution >= 0.6 is 0 Å². The number of nitrogens with one attached hydrogen (secondary N) is 1. The summed E-state index contributed by atoms with van der Waals surface area (Å²) in [5.74, 6) is 0. The van der Waals surface area contributed by atoms with Crippen LogP contribution in [0.25, 0.3) is 11.3 Å². The van der Waals surface area contributed by atoms with Gasteiger partial charge in [-0.25, -0.2) is 0 Å². The van der Waals surface area contributed by atoms with Crippen molar-refractivity contribution < 1.29 is 0 Å². The molecule has 0 amide bonds. The number of rotatable bonds is 4. The molecular formula is C15H19N. The molecule has 0 bridgehead atoms. The molecule has 0 saturated heterocycles. The second-order valence-corrected chi connectivity index (χ2v) is 4.39. The molecule has 0 unspecified atom stereocenters. The van der Waals surface area contributed by atoms with Gasteiger partial charge in [0.15, 0.2) is 0 Å². The fourth-order valence-corrected chi connectivity index (χ4v) is 1.90. The predicted octanol–water partition coefficient (Wildman–Crippen LogP) is 4.33. The Morgan fingerprint density at radius 2 is 1.88 bits per heavy atom. The summed E-state index contributed by atoms with van der Waals surface area (Å²) >= 11 is 0. The van der Waals surface area contributed by atoms with Crippen LogP contribution in [0, 0.1) is 6.92 Å². The van der Waals surface area contributed by atoms with Crippen molar-refractivity contribution in [2.45, 2.75) is 33.1 Å². The quantitative estimate of drug-likeness (QED) is 0.778.